The zero-order valence-corrected chi connectivity index (χ0v) is 14.2. The number of aryl methyl sites for hydroxylation is 1. The summed E-state index contributed by atoms with van der Waals surface area (Å²) in [6.07, 6.45) is 2.90. The largest absolute Gasteiger partial charge is 0.382 e. The summed E-state index contributed by atoms with van der Waals surface area (Å²) in [4.78, 5) is 20.1. The summed E-state index contributed by atoms with van der Waals surface area (Å²) in [7, 11) is 0. The van der Waals surface area contributed by atoms with Crippen molar-refractivity contribution in [2.24, 2.45) is 0 Å². The zero-order chi connectivity index (χ0) is 17.8. The van der Waals surface area contributed by atoms with Crippen LogP contribution in [0.2, 0.25) is 0 Å². The van der Waals surface area contributed by atoms with Crippen LogP contribution in [0.4, 0.5) is 5.82 Å². The Morgan fingerprint density at radius 2 is 1.88 bits per heavy atom. The Labute approximate surface area is 145 Å². The highest BCUT2D eigenvalue weighted by atomic mass is 16.1. The van der Waals surface area contributed by atoms with E-state index >= 15 is 0 Å². The molecule has 7 heteroatoms. The van der Waals surface area contributed by atoms with Crippen LogP contribution in [-0.2, 0) is 13.1 Å². The van der Waals surface area contributed by atoms with Gasteiger partial charge in [-0.25, -0.2) is 9.97 Å². The molecule has 0 aliphatic rings. The van der Waals surface area contributed by atoms with Crippen molar-refractivity contribution in [3.8, 4) is 0 Å². The molecule has 0 aliphatic heterocycles. The lowest BCUT2D eigenvalue weighted by atomic mass is 10.2. The van der Waals surface area contributed by atoms with Crippen molar-refractivity contribution >= 4 is 11.7 Å². The quantitative estimate of drug-likeness (QED) is 0.741. The molecule has 2 heterocycles. The second-order valence-electron chi connectivity index (χ2n) is 5.77. The predicted molar refractivity (Wildman–Crippen MR) is 94.9 cm³/mol. The Kier molecular flexibility index (Phi) is 4.74. The van der Waals surface area contributed by atoms with Gasteiger partial charge in [0, 0.05) is 30.2 Å². The van der Waals surface area contributed by atoms with Gasteiger partial charge in [-0.2, -0.15) is 5.10 Å². The third-order valence-corrected chi connectivity index (χ3v) is 4.07. The number of amides is 1. The van der Waals surface area contributed by atoms with Gasteiger partial charge in [0.15, 0.2) is 11.5 Å². The number of aromatic nitrogens is 4. The molecule has 0 saturated heterocycles. The summed E-state index contributed by atoms with van der Waals surface area (Å²) in [6.45, 7) is 4.99. The van der Waals surface area contributed by atoms with Crippen molar-refractivity contribution in [2.45, 2.75) is 26.9 Å². The fourth-order valence-corrected chi connectivity index (χ4v) is 2.68. The summed E-state index contributed by atoms with van der Waals surface area (Å²) in [6, 6.07) is 10.1. The number of hydrogen-bond donors (Lipinski definition) is 2. The average Bonchev–Trinajstić information content (AvgIpc) is 2.87. The summed E-state index contributed by atoms with van der Waals surface area (Å²) in [5.74, 6) is -0.228. The second-order valence-corrected chi connectivity index (χ2v) is 5.77. The molecule has 0 unspecified atom stereocenters. The van der Waals surface area contributed by atoms with Crippen LogP contribution in [0.1, 0.15) is 33.0 Å². The van der Waals surface area contributed by atoms with E-state index in [1.54, 1.807) is 0 Å². The van der Waals surface area contributed by atoms with Gasteiger partial charge in [-0.3, -0.25) is 9.48 Å². The first-order valence-electron chi connectivity index (χ1n) is 7.97. The predicted octanol–water partition coefficient (Wildman–Crippen LogP) is 1.85. The second kappa shape index (κ2) is 7.12. The van der Waals surface area contributed by atoms with E-state index in [9.17, 15) is 4.79 Å². The third-order valence-electron chi connectivity index (χ3n) is 4.07. The van der Waals surface area contributed by atoms with Gasteiger partial charge in [0.25, 0.3) is 5.91 Å². The van der Waals surface area contributed by atoms with Crippen LogP contribution in [0.15, 0.2) is 42.7 Å². The maximum atomic E-state index is 12.2. The molecular formula is C18H20N6O. The molecule has 0 radical (unpaired) electrons. The number of benzene rings is 1. The van der Waals surface area contributed by atoms with Crippen LogP contribution in [0.3, 0.4) is 0 Å². The number of nitrogens with two attached hydrogens (primary N) is 1. The molecule has 0 fully saturated rings. The molecule has 3 N–H and O–H groups in total. The lowest BCUT2D eigenvalue weighted by Gasteiger charge is -2.08. The number of carbonyl (C=O) groups is 1. The molecule has 0 bridgehead atoms. The number of nitrogen functional groups attached to an aromatic ring is 1. The summed E-state index contributed by atoms with van der Waals surface area (Å²) >= 11 is 0. The van der Waals surface area contributed by atoms with Gasteiger partial charge in [0.1, 0.15) is 0 Å². The molecule has 0 atom stereocenters. The van der Waals surface area contributed by atoms with Crippen LogP contribution in [0, 0.1) is 13.8 Å². The van der Waals surface area contributed by atoms with E-state index in [2.05, 4.69) is 32.5 Å². The maximum absolute atomic E-state index is 12.2. The SMILES string of the molecule is Cc1nn(Cc2ccccc2)c(C)c1CNC(=O)c1nccnc1N. The summed E-state index contributed by atoms with van der Waals surface area (Å²) < 4.78 is 1.95. The number of nitrogens with one attached hydrogen (secondary N) is 1. The smallest absolute Gasteiger partial charge is 0.273 e. The minimum Gasteiger partial charge on any atom is -0.382 e. The Balaban J connectivity index is 1.73. The van der Waals surface area contributed by atoms with Crippen LogP contribution in [0.5, 0.6) is 0 Å². The maximum Gasteiger partial charge on any atom is 0.273 e. The van der Waals surface area contributed by atoms with Gasteiger partial charge in [0.2, 0.25) is 0 Å². The number of nitrogens with zero attached hydrogens (tertiary/aromatic N) is 4. The van der Waals surface area contributed by atoms with Crippen molar-refractivity contribution in [2.75, 3.05) is 5.73 Å². The molecule has 128 valence electrons. The lowest BCUT2D eigenvalue weighted by molar-refractivity contribution is 0.0946. The van der Waals surface area contributed by atoms with E-state index in [1.807, 2.05) is 36.7 Å². The Bertz CT molecular complexity index is 888. The van der Waals surface area contributed by atoms with E-state index in [-0.39, 0.29) is 17.4 Å². The lowest BCUT2D eigenvalue weighted by Crippen LogP contribution is -2.25. The number of rotatable bonds is 5. The van der Waals surface area contributed by atoms with E-state index in [1.165, 1.54) is 18.0 Å². The first kappa shape index (κ1) is 16.6. The molecule has 7 nitrogen and oxygen atoms in total. The van der Waals surface area contributed by atoms with Crippen molar-refractivity contribution in [1.82, 2.24) is 25.1 Å². The monoisotopic (exact) mass is 336 g/mol. The Hall–Kier alpha value is -3.22. The Morgan fingerprint density at radius 3 is 2.60 bits per heavy atom. The molecule has 1 amide bonds. The Morgan fingerprint density at radius 1 is 1.16 bits per heavy atom. The van der Waals surface area contributed by atoms with E-state index in [0.717, 1.165) is 17.0 Å². The molecule has 0 saturated carbocycles. The van der Waals surface area contributed by atoms with Crippen molar-refractivity contribution in [3.63, 3.8) is 0 Å². The highest BCUT2D eigenvalue weighted by Crippen LogP contribution is 2.15. The van der Waals surface area contributed by atoms with Crippen molar-refractivity contribution < 1.29 is 4.79 Å². The summed E-state index contributed by atoms with van der Waals surface area (Å²) in [5.41, 5.74) is 9.90. The first-order chi connectivity index (χ1) is 12.1. The van der Waals surface area contributed by atoms with E-state index < -0.39 is 0 Å². The first-order valence-corrected chi connectivity index (χ1v) is 7.97. The number of anilines is 1. The molecule has 0 aliphatic carbocycles. The fraction of sp³-hybridized carbons (Fsp3) is 0.222. The average molecular weight is 336 g/mol. The number of carbonyl (C=O) groups excluding carboxylic acids is 1. The topological polar surface area (TPSA) is 98.7 Å². The molecule has 25 heavy (non-hydrogen) atoms. The molecular weight excluding hydrogens is 316 g/mol. The minimum atomic E-state index is -0.347. The highest BCUT2D eigenvalue weighted by Gasteiger charge is 2.15. The zero-order valence-electron chi connectivity index (χ0n) is 14.2. The van der Waals surface area contributed by atoms with E-state index in [0.29, 0.717) is 13.1 Å². The van der Waals surface area contributed by atoms with Crippen LogP contribution >= 0.6 is 0 Å². The van der Waals surface area contributed by atoms with Crippen LogP contribution in [0.25, 0.3) is 0 Å². The normalized spacial score (nSPS) is 10.6. The van der Waals surface area contributed by atoms with Gasteiger partial charge in [-0.1, -0.05) is 30.3 Å². The van der Waals surface area contributed by atoms with Crippen LogP contribution < -0.4 is 11.1 Å². The highest BCUT2D eigenvalue weighted by molar-refractivity contribution is 5.96. The molecule has 3 aromatic rings. The molecule has 0 spiro atoms. The van der Waals surface area contributed by atoms with Gasteiger partial charge in [-0.05, 0) is 19.4 Å². The minimum absolute atomic E-state index is 0.119. The van der Waals surface area contributed by atoms with Gasteiger partial charge >= 0.3 is 0 Å². The molecule has 1 aromatic carbocycles. The third kappa shape index (κ3) is 3.65. The fourth-order valence-electron chi connectivity index (χ4n) is 2.68. The summed E-state index contributed by atoms with van der Waals surface area (Å²) in [5, 5.41) is 7.43. The van der Waals surface area contributed by atoms with Gasteiger partial charge in [0.05, 0.1) is 12.2 Å². The van der Waals surface area contributed by atoms with E-state index in [4.69, 9.17) is 5.73 Å². The van der Waals surface area contributed by atoms with Crippen molar-refractivity contribution in [1.29, 1.82) is 0 Å². The molecule has 2 aromatic heterocycles. The van der Waals surface area contributed by atoms with Crippen LogP contribution in [-0.4, -0.2) is 25.7 Å². The standard InChI is InChI=1S/C18H20N6O/c1-12-15(10-22-18(25)16-17(19)21-9-8-20-16)13(2)24(23-12)11-14-6-4-3-5-7-14/h3-9H,10-11H2,1-2H3,(H2,19,21)(H,22,25). The van der Waals surface area contributed by atoms with Gasteiger partial charge < -0.3 is 11.1 Å². The van der Waals surface area contributed by atoms with Gasteiger partial charge in [-0.15, -0.1) is 0 Å². The number of hydrogen-bond acceptors (Lipinski definition) is 5. The van der Waals surface area contributed by atoms with Crippen molar-refractivity contribution in [3.05, 3.63) is 70.9 Å². The molecule has 3 rings (SSSR count).